The number of aromatic nitrogens is 2. The molecule has 3 aromatic rings. The molecule has 2 unspecified atom stereocenters. The van der Waals surface area contributed by atoms with E-state index in [0.29, 0.717) is 0 Å². The Labute approximate surface area is 182 Å². The summed E-state index contributed by atoms with van der Waals surface area (Å²) >= 11 is 11.8. The van der Waals surface area contributed by atoms with Crippen molar-refractivity contribution in [3.05, 3.63) is 82.4 Å². The second-order valence-corrected chi connectivity index (χ2v) is 8.28. The lowest BCUT2D eigenvalue weighted by Gasteiger charge is -2.27. The second-order valence-electron chi connectivity index (χ2n) is 7.46. The number of thiocarbonyl (C=S) groups is 1. The van der Waals surface area contributed by atoms with Gasteiger partial charge in [0.15, 0.2) is 5.11 Å². The van der Waals surface area contributed by atoms with E-state index in [4.69, 9.17) is 23.8 Å². The van der Waals surface area contributed by atoms with Crippen LogP contribution in [0.2, 0.25) is 5.02 Å². The van der Waals surface area contributed by atoms with Crippen molar-refractivity contribution in [3.8, 4) is 5.69 Å². The van der Waals surface area contributed by atoms with E-state index in [1.54, 1.807) is 0 Å². The minimum absolute atomic E-state index is 0.0226. The summed E-state index contributed by atoms with van der Waals surface area (Å²) in [5.74, 6) is 0. The van der Waals surface area contributed by atoms with Crippen LogP contribution in [0.5, 0.6) is 0 Å². The lowest BCUT2D eigenvalue weighted by Crippen LogP contribution is -2.30. The highest BCUT2D eigenvalue weighted by molar-refractivity contribution is 7.80. The first kappa shape index (κ1) is 19.9. The molecule has 1 saturated heterocycles. The molecule has 0 amide bonds. The first-order valence-corrected chi connectivity index (χ1v) is 10.7. The standard InChI is InChI=1S/C23H25ClN4S/c1-4-13-27-22(21(26-23(27)29)20-7-5-6-12-25-20)19-14-15(2)28(16(19)3)18-10-8-17(24)9-11-18/h5-12,14,21-22H,4,13H2,1-3H3,(H,26,29). The van der Waals surface area contributed by atoms with Crippen LogP contribution in [0.15, 0.2) is 54.7 Å². The Bertz CT molecular complexity index is 1010. The van der Waals surface area contributed by atoms with Gasteiger partial charge in [-0.2, -0.15) is 0 Å². The number of halogens is 1. The van der Waals surface area contributed by atoms with E-state index < -0.39 is 0 Å². The largest absolute Gasteiger partial charge is 0.352 e. The first-order chi connectivity index (χ1) is 14.0. The molecule has 0 spiro atoms. The van der Waals surface area contributed by atoms with Crippen molar-refractivity contribution in [1.82, 2.24) is 19.8 Å². The van der Waals surface area contributed by atoms with Crippen LogP contribution in [0.25, 0.3) is 5.69 Å². The molecule has 29 heavy (non-hydrogen) atoms. The van der Waals surface area contributed by atoms with Crippen LogP contribution in [0.1, 0.15) is 48.1 Å². The minimum Gasteiger partial charge on any atom is -0.352 e. The molecule has 2 aromatic heterocycles. The fraction of sp³-hybridized carbons (Fsp3) is 0.304. The number of hydrogen-bond acceptors (Lipinski definition) is 2. The maximum absolute atomic E-state index is 6.10. The van der Waals surface area contributed by atoms with Crippen LogP contribution >= 0.6 is 23.8 Å². The van der Waals surface area contributed by atoms with Crippen LogP contribution in [0.3, 0.4) is 0 Å². The first-order valence-electron chi connectivity index (χ1n) is 9.94. The average molecular weight is 425 g/mol. The highest BCUT2D eigenvalue weighted by atomic mass is 35.5. The summed E-state index contributed by atoms with van der Waals surface area (Å²) in [5, 5.41) is 5.06. The molecule has 1 aliphatic heterocycles. The number of hydrogen-bond donors (Lipinski definition) is 1. The molecule has 0 saturated carbocycles. The summed E-state index contributed by atoms with van der Waals surface area (Å²) in [4.78, 5) is 6.93. The highest BCUT2D eigenvalue weighted by Gasteiger charge is 2.40. The summed E-state index contributed by atoms with van der Waals surface area (Å²) in [6.07, 6.45) is 2.87. The molecule has 1 fully saturated rings. The zero-order chi connectivity index (χ0) is 20.5. The summed E-state index contributed by atoms with van der Waals surface area (Å²) < 4.78 is 2.28. The predicted octanol–water partition coefficient (Wildman–Crippen LogP) is 5.53. The van der Waals surface area contributed by atoms with Crippen molar-refractivity contribution in [1.29, 1.82) is 0 Å². The molecule has 4 rings (SSSR count). The second kappa shape index (κ2) is 8.17. The molecular weight excluding hydrogens is 400 g/mol. The Morgan fingerprint density at radius 1 is 1.14 bits per heavy atom. The summed E-state index contributed by atoms with van der Waals surface area (Å²) in [6, 6.07) is 16.4. The van der Waals surface area contributed by atoms with Crippen molar-refractivity contribution in [2.24, 2.45) is 0 Å². The zero-order valence-corrected chi connectivity index (χ0v) is 18.5. The van der Waals surface area contributed by atoms with E-state index >= 15 is 0 Å². The molecule has 1 aliphatic rings. The quantitative estimate of drug-likeness (QED) is 0.546. The molecule has 6 heteroatoms. The van der Waals surface area contributed by atoms with Crippen LogP contribution in [0, 0.1) is 13.8 Å². The van der Waals surface area contributed by atoms with Gasteiger partial charge in [0.1, 0.15) is 0 Å². The fourth-order valence-electron chi connectivity index (χ4n) is 4.30. The summed E-state index contributed by atoms with van der Waals surface area (Å²) in [5.41, 5.74) is 5.79. The molecule has 0 bridgehead atoms. The van der Waals surface area contributed by atoms with E-state index in [1.807, 2.05) is 30.5 Å². The zero-order valence-electron chi connectivity index (χ0n) is 16.9. The Hall–Kier alpha value is -2.37. The van der Waals surface area contributed by atoms with Crippen LogP contribution in [-0.2, 0) is 0 Å². The number of nitrogens with one attached hydrogen (secondary N) is 1. The smallest absolute Gasteiger partial charge is 0.170 e. The van der Waals surface area contributed by atoms with Crippen LogP contribution in [0.4, 0.5) is 0 Å². The van der Waals surface area contributed by atoms with Gasteiger partial charge in [0, 0.05) is 34.8 Å². The topological polar surface area (TPSA) is 33.1 Å². The van der Waals surface area contributed by atoms with Gasteiger partial charge in [-0.1, -0.05) is 24.6 Å². The van der Waals surface area contributed by atoms with E-state index in [1.165, 1.54) is 17.0 Å². The van der Waals surface area contributed by atoms with Crippen molar-refractivity contribution in [2.45, 2.75) is 39.3 Å². The predicted molar refractivity (Wildman–Crippen MR) is 123 cm³/mol. The molecule has 2 atom stereocenters. The van der Waals surface area contributed by atoms with Gasteiger partial charge in [-0.3, -0.25) is 4.98 Å². The third-order valence-electron chi connectivity index (χ3n) is 5.54. The molecule has 0 aliphatic carbocycles. The van der Waals surface area contributed by atoms with Gasteiger partial charge in [0.25, 0.3) is 0 Å². The fourth-order valence-corrected chi connectivity index (χ4v) is 4.76. The van der Waals surface area contributed by atoms with Gasteiger partial charge in [-0.15, -0.1) is 0 Å². The average Bonchev–Trinajstić information content (AvgIpc) is 3.20. The van der Waals surface area contributed by atoms with Gasteiger partial charge in [0.2, 0.25) is 0 Å². The van der Waals surface area contributed by atoms with Gasteiger partial charge in [0.05, 0.1) is 17.8 Å². The SMILES string of the molecule is CCCN1C(=S)NC(c2ccccn2)C1c1cc(C)n(-c2ccc(Cl)cc2)c1C. The number of benzene rings is 1. The van der Waals surface area contributed by atoms with Crippen LogP contribution in [-0.4, -0.2) is 26.1 Å². The molecular formula is C23H25ClN4S. The van der Waals surface area contributed by atoms with E-state index in [0.717, 1.165) is 34.5 Å². The Kier molecular flexibility index (Phi) is 5.61. The van der Waals surface area contributed by atoms with Gasteiger partial charge in [-0.05, 0) is 80.5 Å². The van der Waals surface area contributed by atoms with Gasteiger partial charge >= 0.3 is 0 Å². The molecule has 1 aromatic carbocycles. The van der Waals surface area contributed by atoms with Crippen molar-refractivity contribution in [3.63, 3.8) is 0 Å². The van der Waals surface area contributed by atoms with Gasteiger partial charge in [-0.25, -0.2) is 0 Å². The van der Waals surface area contributed by atoms with Gasteiger partial charge < -0.3 is 14.8 Å². The molecule has 4 nitrogen and oxygen atoms in total. The van der Waals surface area contributed by atoms with Crippen molar-refractivity contribution in [2.75, 3.05) is 6.54 Å². The Morgan fingerprint density at radius 3 is 2.55 bits per heavy atom. The maximum atomic E-state index is 6.10. The molecule has 0 radical (unpaired) electrons. The number of pyridine rings is 1. The highest BCUT2D eigenvalue weighted by Crippen LogP contribution is 2.41. The van der Waals surface area contributed by atoms with E-state index in [9.17, 15) is 0 Å². The van der Waals surface area contributed by atoms with Crippen molar-refractivity contribution >= 4 is 28.9 Å². The summed E-state index contributed by atoms with van der Waals surface area (Å²) in [7, 11) is 0. The molecule has 1 N–H and O–H groups in total. The maximum Gasteiger partial charge on any atom is 0.170 e. The lowest BCUT2D eigenvalue weighted by molar-refractivity contribution is 0.316. The number of rotatable bonds is 5. The lowest BCUT2D eigenvalue weighted by atomic mass is 9.96. The van der Waals surface area contributed by atoms with Crippen molar-refractivity contribution < 1.29 is 0 Å². The minimum atomic E-state index is 0.0226. The molecule has 3 heterocycles. The summed E-state index contributed by atoms with van der Waals surface area (Å²) in [6.45, 7) is 7.42. The third-order valence-corrected chi connectivity index (χ3v) is 6.14. The monoisotopic (exact) mass is 424 g/mol. The van der Waals surface area contributed by atoms with E-state index in [-0.39, 0.29) is 12.1 Å². The Morgan fingerprint density at radius 2 is 1.90 bits per heavy atom. The molecule has 150 valence electrons. The number of nitrogens with zero attached hydrogens (tertiary/aromatic N) is 3. The Balaban J connectivity index is 1.82. The third kappa shape index (κ3) is 3.65. The van der Waals surface area contributed by atoms with E-state index in [2.05, 4.69) is 64.8 Å². The number of aryl methyl sites for hydroxylation is 1. The van der Waals surface area contributed by atoms with Crippen LogP contribution < -0.4 is 5.32 Å². The normalized spacial score (nSPS) is 18.9.